The van der Waals surface area contributed by atoms with Crippen molar-refractivity contribution in [2.45, 2.75) is 6.42 Å². The van der Waals surface area contributed by atoms with Crippen molar-refractivity contribution in [1.82, 2.24) is 4.57 Å². The van der Waals surface area contributed by atoms with Gasteiger partial charge >= 0.3 is 0 Å². The van der Waals surface area contributed by atoms with Gasteiger partial charge in [-0.25, -0.2) is 0 Å². The molecule has 4 rings (SSSR count). The van der Waals surface area contributed by atoms with E-state index in [1.807, 2.05) is 91.0 Å². The smallest absolute Gasteiger partial charge is 0.262 e. The Balaban J connectivity index is 1.95. The van der Waals surface area contributed by atoms with Gasteiger partial charge in [0.2, 0.25) is 0 Å². The molecule has 3 heteroatoms. The van der Waals surface area contributed by atoms with Gasteiger partial charge in [-0.15, -0.1) is 0 Å². The van der Waals surface area contributed by atoms with E-state index in [9.17, 15) is 9.90 Å². The second kappa shape index (κ2) is 7.34. The molecule has 0 saturated carbocycles. The number of aromatic hydroxyl groups is 1. The molecule has 4 aromatic rings. The van der Waals surface area contributed by atoms with Crippen LogP contribution in [-0.4, -0.2) is 9.67 Å². The summed E-state index contributed by atoms with van der Waals surface area (Å²) in [5.41, 5.74) is 3.49. The number of para-hydroxylation sites is 1. The van der Waals surface area contributed by atoms with Crippen molar-refractivity contribution in [3.8, 4) is 22.7 Å². The highest BCUT2D eigenvalue weighted by Crippen LogP contribution is 2.27. The minimum atomic E-state index is -0.205. The van der Waals surface area contributed by atoms with Crippen LogP contribution in [0.4, 0.5) is 0 Å². The van der Waals surface area contributed by atoms with Crippen LogP contribution in [0.15, 0.2) is 102 Å². The minimum absolute atomic E-state index is 0.0230. The molecule has 132 valence electrons. The van der Waals surface area contributed by atoms with E-state index in [1.54, 1.807) is 10.6 Å². The fourth-order valence-corrected chi connectivity index (χ4v) is 3.26. The van der Waals surface area contributed by atoms with Crippen LogP contribution in [0.2, 0.25) is 0 Å². The van der Waals surface area contributed by atoms with Gasteiger partial charge in [-0.3, -0.25) is 9.36 Å². The summed E-state index contributed by atoms with van der Waals surface area (Å²) in [6, 6.07) is 30.6. The van der Waals surface area contributed by atoms with Crippen LogP contribution in [-0.2, 0) is 6.42 Å². The Morgan fingerprint density at radius 1 is 0.741 bits per heavy atom. The average molecular weight is 353 g/mol. The lowest BCUT2D eigenvalue weighted by molar-refractivity contribution is 0.466. The third-order valence-corrected chi connectivity index (χ3v) is 4.59. The Hall–Kier alpha value is -3.59. The lowest BCUT2D eigenvalue weighted by Crippen LogP contribution is -2.24. The molecule has 3 nitrogen and oxygen atoms in total. The number of benzene rings is 3. The molecule has 1 heterocycles. The number of aromatic nitrogens is 1. The van der Waals surface area contributed by atoms with Crippen LogP contribution >= 0.6 is 0 Å². The molecule has 0 unspecified atom stereocenters. The maximum absolute atomic E-state index is 13.4. The van der Waals surface area contributed by atoms with Crippen molar-refractivity contribution < 1.29 is 5.11 Å². The Morgan fingerprint density at radius 2 is 1.30 bits per heavy atom. The molecule has 0 bridgehead atoms. The molecule has 27 heavy (non-hydrogen) atoms. The molecule has 0 fully saturated rings. The van der Waals surface area contributed by atoms with Crippen molar-refractivity contribution in [3.05, 3.63) is 119 Å². The number of hydrogen-bond acceptors (Lipinski definition) is 2. The largest absolute Gasteiger partial charge is 0.507 e. The molecule has 0 amide bonds. The van der Waals surface area contributed by atoms with Crippen LogP contribution < -0.4 is 5.56 Å². The first-order valence-electron chi connectivity index (χ1n) is 8.87. The molecule has 0 atom stereocenters. The minimum Gasteiger partial charge on any atom is -0.507 e. The molecule has 0 aliphatic rings. The highest BCUT2D eigenvalue weighted by molar-refractivity contribution is 5.65. The van der Waals surface area contributed by atoms with Crippen LogP contribution in [0.25, 0.3) is 16.9 Å². The number of rotatable bonds is 4. The SMILES string of the molecule is O=c1c(Cc2ccccc2)c(O)cc(-c2ccccc2)n1-c1ccccc1. The average Bonchev–Trinajstić information content (AvgIpc) is 2.73. The maximum atomic E-state index is 13.4. The van der Waals surface area contributed by atoms with Gasteiger partial charge in [-0.1, -0.05) is 78.9 Å². The van der Waals surface area contributed by atoms with Crippen molar-refractivity contribution in [2.75, 3.05) is 0 Å². The molecule has 1 aromatic heterocycles. The van der Waals surface area contributed by atoms with E-state index in [4.69, 9.17) is 0 Å². The monoisotopic (exact) mass is 353 g/mol. The summed E-state index contributed by atoms with van der Waals surface area (Å²) in [7, 11) is 0. The second-order valence-corrected chi connectivity index (χ2v) is 6.40. The summed E-state index contributed by atoms with van der Waals surface area (Å²) in [4.78, 5) is 13.4. The van der Waals surface area contributed by atoms with Gasteiger partial charge in [0, 0.05) is 18.2 Å². The third-order valence-electron chi connectivity index (χ3n) is 4.59. The third kappa shape index (κ3) is 3.40. The summed E-state index contributed by atoms with van der Waals surface area (Å²) in [5.74, 6) is 0.0230. The van der Waals surface area contributed by atoms with Gasteiger partial charge in [0.05, 0.1) is 11.3 Å². The van der Waals surface area contributed by atoms with E-state index in [1.165, 1.54) is 0 Å². The zero-order chi connectivity index (χ0) is 18.6. The molecule has 1 N–H and O–H groups in total. The van der Waals surface area contributed by atoms with Gasteiger partial charge in [0.15, 0.2) is 0 Å². The van der Waals surface area contributed by atoms with E-state index < -0.39 is 0 Å². The molecular formula is C24H19NO2. The van der Waals surface area contributed by atoms with Gasteiger partial charge in [0.1, 0.15) is 5.75 Å². The topological polar surface area (TPSA) is 42.2 Å². The predicted octanol–water partition coefficient (Wildman–Crippen LogP) is 4.80. The van der Waals surface area contributed by atoms with E-state index in [-0.39, 0.29) is 11.3 Å². The Morgan fingerprint density at radius 3 is 1.93 bits per heavy atom. The van der Waals surface area contributed by atoms with E-state index in [0.717, 1.165) is 16.8 Å². The lowest BCUT2D eigenvalue weighted by atomic mass is 10.0. The highest BCUT2D eigenvalue weighted by atomic mass is 16.3. The second-order valence-electron chi connectivity index (χ2n) is 6.40. The Labute approximate surface area is 157 Å². The molecule has 0 aliphatic heterocycles. The van der Waals surface area contributed by atoms with E-state index in [0.29, 0.717) is 17.7 Å². The molecule has 0 radical (unpaired) electrons. The summed E-state index contributed by atoms with van der Waals surface area (Å²) in [5, 5.41) is 10.7. The van der Waals surface area contributed by atoms with E-state index >= 15 is 0 Å². The van der Waals surface area contributed by atoms with Gasteiger partial charge in [0.25, 0.3) is 5.56 Å². The lowest BCUT2D eigenvalue weighted by Gasteiger charge is -2.16. The fraction of sp³-hybridized carbons (Fsp3) is 0.0417. The van der Waals surface area contributed by atoms with Crippen molar-refractivity contribution in [3.63, 3.8) is 0 Å². The van der Waals surface area contributed by atoms with Crippen LogP contribution in [0.3, 0.4) is 0 Å². The Kier molecular flexibility index (Phi) is 4.58. The summed E-state index contributed by atoms with van der Waals surface area (Å²) < 4.78 is 1.67. The van der Waals surface area contributed by atoms with Gasteiger partial charge < -0.3 is 5.11 Å². The van der Waals surface area contributed by atoms with Crippen LogP contribution in [0.5, 0.6) is 5.75 Å². The first-order valence-corrected chi connectivity index (χ1v) is 8.87. The van der Waals surface area contributed by atoms with Crippen molar-refractivity contribution >= 4 is 0 Å². The predicted molar refractivity (Wildman–Crippen MR) is 108 cm³/mol. The molecule has 0 aliphatic carbocycles. The van der Waals surface area contributed by atoms with Crippen LogP contribution in [0.1, 0.15) is 11.1 Å². The van der Waals surface area contributed by atoms with Gasteiger partial charge in [-0.2, -0.15) is 0 Å². The normalized spacial score (nSPS) is 10.7. The molecule has 0 spiro atoms. The Bertz CT molecular complexity index is 1100. The number of nitrogens with zero attached hydrogens (tertiary/aromatic N) is 1. The van der Waals surface area contributed by atoms with Gasteiger partial charge in [-0.05, 0) is 23.3 Å². The number of hydrogen-bond donors (Lipinski definition) is 1. The molecule has 3 aromatic carbocycles. The molecule has 0 saturated heterocycles. The highest BCUT2D eigenvalue weighted by Gasteiger charge is 2.17. The zero-order valence-electron chi connectivity index (χ0n) is 14.7. The maximum Gasteiger partial charge on any atom is 0.262 e. The number of pyridine rings is 1. The summed E-state index contributed by atoms with van der Waals surface area (Å²) >= 11 is 0. The van der Waals surface area contributed by atoms with Crippen LogP contribution in [0, 0.1) is 0 Å². The summed E-state index contributed by atoms with van der Waals surface area (Å²) in [6.45, 7) is 0. The first-order chi connectivity index (χ1) is 13.2. The quantitative estimate of drug-likeness (QED) is 0.572. The first kappa shape index (κ1) is 16.9. The molecular weight excluding hydrogens is 334 g/mol. The van der Waals surface area contributed by atoms with Crippen molar-refractivity contribution in [1.29, 1.82) is 0 Å². The fourth-order valence-electron chi connectivity index (χ4n) is 3.26. The standard InChI is InChI=1S/C24H19NO2/c26-23-17-22(19-12-6-2-7-13-19)25(20-14-8-3-9-15-20)24(27)21(23)16-18-10-4-1-5-11-18/h1-15,17,26H,16H2. The van der Waals surface area contributed by atoms with Crippen molar-refractivity contribution in [2.24, 2.45) is 0 Å². The zero-order valence-corrected chi connectivity index (χ0v) is 14.7. The summed E-state index contributed by atoms with van der Waals surface area (Å²) in [6.07, 6.45) is 0.382. The van der Waals surface area contributed by atoms with E-state index in [2.05, 4.69) is 0 Å².